The molecule has 0 saturated heterocycles. The zero-order valence-corrected chi connectivity index (χ0v) is 14.3. The third kappa shape index (κ3) is 4.16. The zero-order valence-electron chi connectivity index (χ0n) is 14.3. The summed E-state index contributed by atoms with van der Waals surface area (Å²) in [6, 6.07) is 5.85. The molecule has 23 heavy (non-hydrogen) atoms. The second-order valence-corrected chi connectivity index (χ2v) is 5.64. The number of benzene rings is 1. The summed E-state index contributed by atoms with van der Waals surface area (Å²) in [5.74, 6) is 0.695. The molecule has 0 aliphatic rings. The highest BCUT2D eigenvalue weighted by atomic mass is 16.5. The molecule has 124 valence electrons. The molecule has 2 rings (SSSR count). The number of hydrogen-bond donors (Lipinski definition) is 0. The molecule has 6 heteroatoms. The summed E-state index contributed by atoms with van der Waals surface area (Å²) >= 11 is 0. The molecule has 0 radical (unpaired) electrons. The summed E-state index contributed by atoms with van der Waals surface area (Å²) in [5.41, 5.74) is 3.29. The topological polar surface area (TPSA) is 68.5 Å². The predicted octanol–water partition coefficient (Wildman–Crippen LogP) is 2.91. The number of ether oxygens (including phenoxy) is 1. The number of rotatable bonds is 6. The number of likely N-dealkylation sites (N-methyl/N-ethyl adjacent to an activating group) is 1. The van der Waals surface area contributed by atoms with Gasteiger partial charge in [-0.1, -0.05) is 6.07 Å². The quantitative estimate of drug-likeness (QED) is 0.763. The number of esters is 1. The summed E-state index contributed by atoms with van der Waals surface area (Å²) in [5, 5.41) is 8.23. The van der Waals surface area contributed by atoms with Crippen LogP contribution in [-0.2, 0) is 9.53 Å². The van der Waals surface area contributed by atoms with Crippen LogP contribution in [0.15, 0.2) is 22.6 Å². The molecule has 1 aromatic carbocycles. The molecule has 0 aliphatic carbocycles. The molecule has 0 spiro atoms. The van der Waals surface area contributed by atoms with E-state index in [1.165, 1.54) is 11.1 Å². The van der Waals surface area contributed by atoms with E-state index in [9.17, 15) is 4.79 Å². The molecular weight excluding hydrogens is 294 g/mol. The lowest BCUT2D eigenvalue weighted by Crippen LogP contribution is -2.30. The van der Waals surface area contributed by atoms with Crippen LogP contribution < -0.4 is 0 Å². The Morgan fingerprint density at radius 1 is 1.30 bits per heavy atom. The Labute approximate surface area is 136 Å². The van der Waals surface area contributed by atoms with Gasteiger partial charge in [-0.15, -0.1) is 10.2 Å². The molecule has 0 fully saturated rings. The van der Waals surface area contributed by atoms with Crippen molar-refractivity contribution in [3.63, 3.8) is 0 Å². The lowest BCUT2D eigenvalue weighted by atomic mass is 10.1. The van der Waals surface area contributed by atoms with E-state index in [1.54, 1.807) is 6.92 Å². The van der Waals surface area contributed by atoms with Crippen LogP contribution in [0.4, 0.5) is 0 Å². The number of nitrogens with zero attached hydrogens (tertiary/aromatic N) is 3. The fourth-order valence-corrected chi connectivity index (χ4v) is 2.13. The summed E-state index contributed by atoms with van der Waals surface area (Å²) < 4.78 is 10.7. The Bertz CT molecular complexity index is 681. The first-order chi connectivity index (χ1) is 10.9. The standard InChI is InChI=1S/C17H23N3O3/c1-6-22-15(21)10-20(5)13(4)16-18-19-17(23-16)14-8-7-11(2)12(3)9-14/h7-9,13H,6,10H2,1-5H3. The van der Waals surface area contributed by atoms with Crippen molar-refractivity contribution >= 4 is 5.97 Å². The van der Waals surface area contributed by atoms with Crippen molar-refractivity contribution in [1.29, 1.82) is 0 Å². The van der Waals surface area contributed by atoms with E-state index >= 15 is 0 Å². The Morgan fingerprint density at radius 2 is 2.04 bits per heavy atom. The Morgan fingerprint density at radius 3 is 2.70 bits per heavy atom. The predicted molar refractivity (Wildman–Crippen MR) is 86.9 cm³/mol. The van der Waals surface area contributed by atoms with Crippen LogP contribution in [0.25, 0.3) is 11.5 Å². The van der Waals surface area contributed by atoms with Crippen LogP contribution in [-0.4, -0.2) is 41.3 Å². The molecular formula is C17H23N3O3. The van der Waals surface area contributed by atoms with E-state index in [-0.39, 0.29) is 18.6 Å². The molecule has 0 aliphatic heterocycles. The Balaban J connectivity index is 2.11. The molecule has 1 heterocycles. The smallest absolute Gasteiger partial charge is 0.320 e. The maximum absolute atomic E-state index is 11.6. The monoisotopic (exact) mass is 317 g/mol. The maximum atomic E-state index is 11.6. The molecule has 0 amide bonds. The largest absolute Gasteiger partial charge is 0.465 e. The van der Waals surface area contributed by atoms with Crippen molar-refractivity contribution < 1.29 is 13.9 Å². The third-order valence-corrected chi connectivity index (χ3v) is 3.90. The molecule has 0 N–H and O–H groups in total. The summed E-state index contributed by atoms with van der Waals surface area (Å²) in [6.07, 6.45) is 0. The average Bonchev–Trinajstić information content (AvgIpc) is 2.99. The van der Waals surface area contributed by atoms with Gasteiger partial charge in [-0.25, -0.2) is 0 Å². The lowest BCUT2D eigenvalue weighted by Gasteiger charge is -2.20. The SMILES string of the molecule is CCOC(=O)CN(C)C(C)c1nnc(-c2ccc(C)c(C)c2)o1. The van der Waals surface area contributed by atoms with E-state index in [2.05, 4.69) is 17.1 Å². The Hall–Kier alpha value is -2.21. The fraction of sp³-hybridized carbons (Fsp3) is 0.471. The van der Waals surface area contributed by atoms with Crippen LogP contribution in [0.3, 0.4) is 0 Å². The van der Waals surface area contributed by atoms with Crippen LogP contribution in [0.5, 0.6) is 0 Å². The highest BCUT2D eigenvalue weighted by Gasteiger charge is 2.21. The minimum atomic E-state index is -0.268. The summed E-state index contributed by atoms with van der Waals surface area (Å²) in [7, 11) is 1.82. The van der Waals surface area contributed by atoms with Crippen molar-refractivity contribution in [1.82, 2.24) is 15.1 Å². The van der Waals surface area contributed by atoms with Gasteiger partial charge in [0.05, 0.1) is 19.2 Å². The van der Waals surface area contributed by atoms with Crippen molar-refractivity contribution in [2.24, 2.45) is 0 Å². The van der Waals surface area contributed by atoms with E-state index in [0.717, 1.165) is 5.56 Å². The van der Waals surface area contributed by atoms with Crippen molar-refractivity contribution in [3.05, 3.63) is 35.2 Å². The van der Waals surface area contributed by atoms with Crippen LogP contribution in [0.1, 0.15) is 36.9 Å². The number of carbonyl (C=O) groups excluding carboxylic acids is 1. The van der Waals surface area contributed by atoms with Gasteiger partial charge in [-0.3, -0.25) is 9.69 Å². The first-order valence-corrected chi connectivity index (χ1v) is 7.69. The number of carbonyl (C=O) groups is 1. The van der Waals surface area contributed by atoms with Crippen LogP contribution in [0, 0.1) is 13.8 Å². The van der Waals surface area contributed by atoms with E-state index in [1.807, 2.05) is 44.0 Å². The molecule has 1 atom stereocenters. The first kappa shape index (κ1) is 17.1. The fourth-order valence-electron chi connectivity index (χ4n) is 2.13. The average molecular weight is 317 g/mol. The van der Waals surface area contributed by atoms with E-state index in [0.29, 0.717) is 18.4 Å². The van der Waals surface area contributed by atoms with Crippen LogP contribution >= 0.6 is 0 Å². The van der Waals surface area contributed by atoms with Gasteiger partial charge in [-0.05, 0) is 58.0 Å². The lowest BCUT2D eigenvalue weighted by molar-refractivity contribution is -0.144. The van der Waals surface area contributed by atoms with E-state index in [4.69, 9.17) is 9.15 Å². The molecule has 0 bridgehead atoms. The van der Waals surface area contributed by atoms with Gasteiger partial charge in [-0.2, -0.15) is 0 Å². The first-order valence-electron chi connectivity index (χ1n) is 7.69. The van der Waals surface area contributed by atoms with Crippen molar-refractivity contribution in [2.75, 3.05) is 20.2 Å². The van der Waals surface area contributed by atoms with E-state index < -0.39 is 0 Å². The normalized spacial score (nSPS) is 12.4. The summed E-state index contributed by atoms with van der Waals surface area (Å²) in [4.78, 5) is 13.4. The highest BCUT2D eigenvalue weighted by molar-refractivity contribution is 5.71. The highest BCUT2D eigenvalue weighted by Crippen LogP contribution is 2.24. The molecule has 0 saturated carbocycles. The molecule has 1 aromatic heterocycles. The zero-order chi connectivity index (χ0) is 17.0. The van der Waals surface area contributed by atoms with Gasteiger partial charge in [0.15, 0.2) is 0 Å². The van der Waals surface area contributed by atoms with Gasteiger partial charge in [0.1, 0.15) is 0 Å². The van der Waals surface area contributed by atoms with Gasteiger partial charge in [0.2, 0.25) is 11.8 Å². The third-order valence-electron chi connectivity index (χ3n) is 3.90. The summed E-state index contributed by atoms with van der Waals surface area (Å²) in [6.45, 7) is 8.36. The minimum Gasteiger partial charge on any atom is -0.465 e. The number of aromatic nitrogens is 2. The van der Waals surface area contributed by atoms with Crippen molar-refractivity contribution in [3.8, 4) is 11.5 Å². The van der Waals surface area contributed by atoms with Crippen LogP contribution in [0.2, 0.25) is 0 Å². The van der Waals surface area contributed by atoms with Gasteiger partial charge >= 0.3 is 5.97 Å². The molecule has 1 unspecified atom stereocenters. The minimum absolute atomic E-state index is 0.174. The van der Waals surface area contributed by atoms with Gasteiger partial charge in [0.25, 0.3) is 0 Å². The van der Waals surface area contributed by atoms with Gasteiger partial charge < -0.3 is 9.15 Å². The van der Waals surface area contributed by atoms with Gasteiger partial charge in [0, 0.05) is 5.56 Å². The second-order valence-electron chi connectivity index (χ2n) is 5.64. The second kappa shape index (κ2) is 7.37. The van der Waals surface area contributed by atoms with Crippen molar-refractivity contribution in [2.45, 2.75) is 33.7 Å². The number of hydrogen-bond acceptors (Lipinski definition) is 6. The number of aryl methyl sites for hydroxylation is 2. The molecule has 6 nitrogen and oxygen atoms in total. The maximum Gasteiger partial charge on any atom is 0.320 e. The Kier molecular flexibility index (Phi) is 5.50. The molecule has 2 aromatic rings.